The van der Waals surface area contributed by atoms with E-state index in [4.69, 9.17) is 21.1 Å². The summed E-state index contributed by atoms with van der Waals surface area (Å²) in [6.07, 6.45) is 1.62. The molecule has 0 radical (unpaired) electrons. The van der Waals surface area contributed by atoms with E-state index in [2.05, 4.69) is 0 Å². The maximum Gasteiger partial charge on any atom is 0.346 e. The molecule has 1 heterocycles. The third-order valence-electron chi connectivity index (χ3n) is 4.29. The lowest BCUT2D eigenvalue weighted by Crippen LogP contribution is -2.27. The van der Waals surface area contributed by atoms with Crippen molar-refractivity contribution in [3.8, 4) is 11.5 Å². The maximum absolute atomic E-state index is 12.7. The minimum absolute atomic E-state index is 0.106. The summed E-state index contributed by atoms with van der Waals surface area (Å²) in [6.45, 7) is 4.20. The van der Waals surface area contributed by atoms with Crippen LogP contribution in [-0.4, -0.2) is 41.6 Å². The topological polar surface area (TPSA) is 116 Å². The molecule has 12 heteroatoms. The molecule has 0 atom stereocenters. The summed E-state index contributed by atoms with van der Waals surface area (Å²) in [5.41, 5.74) is -0.0273. The van der Waals surface area contributed by atoms with Crippen molar-refractivity contribution in [3.05, 3.63) is 63.0 Å². The summed E-state index contributed by atoms with van der Waals surface area (Å²) >= 11 is 6.37. The Balaban J connectivity index is 1.96. The van der Waals surface area contributed by atoms with Crippen LogP contribution in [0.4, 0.5) is 5.69 Å². The standard InChI is InChI=1S/C20H18N2O7S3/c1-3-21-19(23)17(31-20(21)30)12-13-9-10-15(16(11-13)28-4-2)29-32(26,27)18-8-6-5-7-14(18)22(24)25/h5-12H,3-4H2,1-2H3/b17-12-. The van der Waals surface area contributed by atoms with Crippen molar-refractivity contribution in [2.24, 2.45) is 0 Å². The smallest absolute Gasteiger partial charge is 0.346 e. The number of carbonyl (C=O) groups is 1. The van der Waals surface area contributed by atoms with E-state index in [0.717, 1.165) is 12.1 Å². The summed E-state index contributed by atoms with van der Waals surface area (Å²) in [5, 5.41) is 11.2. The van der Waals surface area contributed by atoms with Gasteiger partial charge in [-0.2, -0.15) is 8.42 Å². The molecule has 0 unspecified atom stereocenters. The zero-order valence-corrected chi connectivity index (χ0v) is 19.5. The van der Waals surface area contributed by atoms with Gasteiger partial charge >= 0.3 is 10.1 Å². The largest absolute Gasteiger partial charge is 0.490 e. The predicted octanol–water partition coefficient (Wildman–Crippen LogP) is 3.98. The van der Waals surface area contributed by atoms with Gasteiger partial charge in [0.2, 0.25) is 0 Å². The Bertz CT molecular complexity index is 1230. The molecule has 32 heavy (non-hydrogen) atoms. The first-order chi connectivity index (χ1) is 15.2. The van der Waals surface area contributed by atoms with Gasteiger partial charge in [0.15, 0.2) is 16.4 Å². The van der Waals surface area contributed by atoms with E-state index in [1.165, 1.54) is 40.9 Å². The van der Waals surface area contributed by atoms with E-state index < -0.39 is 25.6 Å². The number of hydrogen-bond acceptors (Lipinski definition) is 9. The summed E-state index contributed by atoms with van der Waals surface area (Å²) < 4.78 is 36.6. The van der Waals surface area contributed by atoms with Gasteiger partial charge in [-0.15, -0.1) is 0 Å². The third kappa shape index (κ3) is 4.92. The van der Waals surface area contributed by atoms with Crippen molar-refractivity contribution in [1.29, 1.82) is 0 Å². The number of para-hydroxylation sites is 1. The fourth-order valence-corrected chi connectivity index (χ4v) is 5.35. The first-order valence-electron chi connectivity index (χ1n) is 9.38. The molecule has 1 aliphatic heterocycles. The van der Waals surface area contributed by atoms with Crippen LogP contribution >= 0.6 is 24.0 Å². The zero-order valence-electron chi connectivity index (χ0n) is 17.0. The van der Waals surface area contributed by atoms with Gasteiger partial charge in [0, 0.05) is 12.6 Å². The quantitative estimate of drug-likeness (QED) is 0.177. The normalized spacial score (nSPS) is 15.3. The molecule has 2 aromatic carbocycles. The van der Waals surface area contributed by atoms with Crippen LogP contribution in [-0.2, 0) is 14.9 Å². The number of nitrogens with zero attached hydrogens (tertiary/aromatic N) is 2. The molecule has 9 nitrogen and oxygen atoms in total. The molecule has 3 rings (SSSR count). The lowest BCUT2D eigenvalue weighted by molar-refractivity contribution is -0.387. The van der Waals surface area contributed by atoms with Crippen molar-refractivity contribution in [2.75, 3.05) is 13.2 Å². The van der Waals surface area contributed by atoms with Crippen LogP contribution in [0.15, 0.2) is 52.3 Å². The highest BCUT2D eigenvalue weighted by atomic mass is 32.2. The molecule has 1 aliphatic rings. The number of ether oxygens (including phenoxy) is 1. The summed E-state index contributed by atoms with van der Waals surface area (Å²) in [5.74, 6) is -0.239. The summed E-state index contributed by atoms with van der Waals surface area (Å²) in [7, 11) is -4.51. The van der Waals surface area contributed by atoms with Crippen LogP contribution in [0.5, 0.6) is 11.5 Å². The van der Waals surface area contributed by atoms with E-state index in [1.54, 1.807) is 19.1 Å². The Labute approximate surface area is 194 Å². The molecule has 1 amide bonds. The van der Waals surface area contributed by atoms with Gasteiger partial charge in [0.25, 0.3) is 11.6 Å². The number of thioether (sulfide) groups is 1. The Morgan fingerprint density at radius 3 is 2.53 bits per heavy atom. The van der Waals surface area contributed by atoms with Gasteiger partial charge in [-0.25, -0.2) is 0 Å². The monoisotopic (exact) mass is 494 g/mol. The average molecular weight is 495 g/mol. The maximum atomic E-state index is 12.7. The summed E-state index contributed by atoms with van der Waals surface area (Å²) in [6, 6.07) is 9.33. The number of carbonyl (C=O) groups excluding carboxylic acids is 1. The van der Waals surface area contributed by atoms with E-state index in [9.17, 15) is 23.3 Å². The number of benzene rings is 2. The fourth-order valence-electron chi connectivity index (χ4n) is 2.86. The highest BCUT2D eigenvalue weighted by Gasteiger charge is 2.31. The van der Waals surface area contributed by atoms with Gasteiger partial charge in [0.05, 0.1) is 16.4 Å². The Morgan fingerprint density at radius 1 is 1.19 bits per heavy atom. The SMILES string of the molecule is CCOc1cc(/C=C2\SC(=S)N(CC)C2=O)ccc1OS(=O)(=O)c1ccccc1[N+](=O)[O-]. The van der Waals surface area contributed by atoms with Gasteiger partial charge in [0.1, 0.15) is 4.32 Å². The fraction of sp³-hybridized carbons (Fsp3) is 0.200. The highest BCUT2D eigenvalue weighted by molar-refractivity contribution is 8.26. The Morgan fingerprint density at radius 2 is 1.91 bits per heavy atom. The second-order valence-electron chi connectivity index (χ2n) is 6.33. The molecule has 0 aromatic heterocycles. The van der Waals surface area contributed by atoms with Crippen LogP contribution in [0.3, 0.4) is 0 Å². The van der Waals surface area contributed by atoms with Crippen LogP contribution in [0, 0.1) is 10.1 Å². The van der Waals surface area contributed by atoms with Crippen molar-refractivity contribution in [3.63, 3.8) is 0 Å². The predicted molar refractivity (Wildman–Crippen MR) is 124 cm³/mol. The summed E-state index contributed by atoms with van der Waals surface area (Å²) in [4.78, 5) is 24.2. The molecule has 0 spiro atoms. The van der Waals surface area contributed by atoms with Crippen LogP contribution in [0.2, 0.25) is 0 Å². The highest BCUT2D eigenvalue weighted by Crippen LogP contribution is 2.36. The van der Waals surface area contributed by atoms with E-state index in [1.807, 2.05) is 6.92 Å². The second-order valence-corrected chi connectivity index (χ2v) is 9.52. The van der Waals surface area contributed by atoms with Gasteiger partial charge in [-0.1, -0.05) is 42.2 Å². The number of rotatable bonds is 8. The number of likely N-dealkylation sites (N-methyl/N-ethyl adjacent to an activating group) is 1. The number of nitro groups is 1. The minimum atomic E-state index is -4.51. The van der Waals surface area contributed by atoms with Crippen molar-refractivity contribution < 1.29 is 27.1 Å². The lowest BCUT2D eigenvalue weighted by atomic mass is 10.2. The van der Waals surface area contributed by atoms with E-state index in [-0.39, 0.29) is 24.0 Å². The lowest BCUT2D eigenvalue weighted by Gasteiger charge is -2.13. The molecular formula is C20H18N2O7S3. The number of nitro benzene ring substituents is 1. The van der Waals surface area contributed by atoms with Crippen LogP contribution in [0.1, 0.15) is 19.4 Å². The second kappa shape index (κ2) is 9.67. The van der Waals surface area contributed by atoms with Crippen molar-refractivity contribution in [1.82, 2.24) is 4.90 Å². The minimum Gasteiger partial charge on any atom is -0.490 e. The van der Waals surface area contributed by atoms with Crippen molar-refractivity contribution >= 4 is 56.1 Å². The Kier molecular flexibility index (Phi) is 7.16. The number of thiocarbonyl (C=S) groups is 1. The first kappa shape index (κ1) is 23.7. The Hall–Kier alpha value is -2.96. The molecule has 1 saturated heterocycles. The molecule has 168 valence electrons. The van der Waals surface area contributed by atoms with Crippen LogP contribution < -0.4 is 8.92 Å². The van der Waals surface area contributed by atoms with Crippen molar-refractivity contribution in [2.45, 2.75) is 18.7 Å². The number of amides is 1. The average Bonchev–Trinajstić information content (AvgIpc) is 3.02. The number of hydrogen-bond donors (Lipinski definition) is 0. The first-order valence-corrected chi connectivity index (χ1v) is 12.0. The third-order valence-corrected chi connectivity index (χ3v) is 6.95. The van der Waals surface area contributed by atoms with E-state index in [0.29, 0.717) is 21.3 Å². The molecule has 1 fully saturated rings. The van der Waals surface area contributed by atoms with Gasteiger partial charge < -0.3 is 8.92 Å². The molecular weight excluding hydrogens is 476 g/mol. The molecule has 0 bridgehead atoms. The zero-order chi connectivity index (χ0) is 23.5. The van der Waals surface area contributed by atoms with E-state index >= 15 is 0 Å². The molecule has 2 aromatic rings. The molecule has 0 aliphatic carbocycles. The molecule has 0 saturated carbocycles. The van der Waals surface area contributed by atoms with Crippen LogP contribution in [0.25, 0.3) is 6.08 Å². The van der Waals surface area contributed by atoms with Gasteiger partial charge in [-0.3, -0.25) is 19.8 Å². The molecule has 0 N–H and O–H groups in total. The van der Waals surface area contributed by atoms with Gasteiger partial charge in [-0.05, 0) is 43.7 Å².